The fraction of sp³-hybridized carbons (Fsp3) is 0.333. The van der Waals surface area contributed by atoms with Crippen molar-refractivity contribution in [3.05, 3.63) is 64.7 Å². The van der Waals surface area contributed by atoms with Crippen molar-refractivity contribution in [3.8, 4) is 0 Å². The topological polar surface area (TPSA) is 80.1 Å². The average Bonchev–Trinajstić information content (AvgIpc) is 2.71. The van der Waals surface area contributed by atoms with Crippen LogP contribution in [0, 0.1) is 12.8 Å². The molecule has 1 fully saturated rings. The highest BCUT2D eigenvalue weighted by Crippen LogP contribution is 2.19. The van der Waals surface area contributed by atoms with Crippen LogP contribution in [0.15, 0.2) is 53.6 Å². The normalized spacial score (nSPS) is 15.6. The molecule has 7 nitrogen and oxygen atoms in total. The van der Waals surface area contributed by atoms with E-state index in [1.165, 1.54) is 4.68 Å². The van der Waals surface area contributed by atoms with Crippen LogP contribution in [0.2, 0.25) is 0 Å². The highest BCUT2D eigenvalue weighted by Gasteiger charge is 2.25. The van der Waals surface area contributed by atoms with Gasteiger partial charge in [0.15, 0.2) is 0 Å². The van der Waals surface area contributed by atoms with Crippen LogP contribution >= 0.6 is 0 Å². The molecule has 1 saturated heterocycles. The summed E-state index contributed by atoms with van der Waals surface area (Å²) in [5.74, 6) is 0.568. The van der Waals surface area contributed by atoms with E-state index in [1.54, 1.807) is 12.4 Å². The standard InChI is InChI=1S/C21H23N5O2/c1-15-6-9-22-19(12-15)24-20(27)16-7-10-25(11-8-16)14-26-21(28)18-5-3-2-4-17(18)13-23-26/h2-6,9,12-13,16H,7-8,10-11,14H2,1H3,(H,22,24,27). The number of hydrogen-bond donors (Lipinski definition) is 1. The number of likely N-dealkylation sites (tertiary alicyclic amines) is 1. The van der Waals surface area contributed by atoms with Crippen LogP contribution in [0.3, 0.4) is 0 Å². The van der Waals surface area contributed by atoms with Gasteiger partial charge in [-0.1, -0.05) is 18.2 Å². The number of aryl methyl sites for hydroxylation is 1. The SMILES string of the molecule is Cc1ccnc(NC(=O)C2CCN(Cn3ncc4ccccc4c3=O)CC2)c1. The van der Waals surface area contributed by atoms with E-state index in [0.29, 0.717) is 17.9 Å². The second-order valence-corrected chi connectivity index (χ2v) is 7.28. The Kier molecular flexibility index (Phi) is 5.16. The Morgan fingerprint density at radius 1 is 1.21 bits per heavy atom. The van der Waals surface area contributed by atoms with E-state index in [2.05, 4.69) is 20.3 Å². The number of fused-ring (bicyclic) bond motifs is 1. The van der Waals surface area contributed by atoms with Crippen LogP contribution in [-0.4, -0.2) is 38.7 Å². The Balaban J connectivity index is 1.36. The van der Waals surface area contributed by atoms with Crippen molar-refractivity contribution in [2.24, 2.45) is 5.92 Å². The van der Waals surface area contributed by atoms with Gasteiger partial charge in [-0.15, -0.1) is 0 Å². The van der Waals surface area contributed by atoms with E-state index >= 15 is 0 Å². The molecule has 4 rings (SSSR count). The lowest BCUT2D eigenvalue weighted by molar-refractivity contribution is -0.121. The molecule has 1 amide bonds. The van der Waals surface area contributed by atoms with Crippen LogP contribution < -0.4 is 10.9 Å². The van der Waals surface area contributed by atoms with E-state index < -0.39 is 0 Å². The van der Waals surface area contributed by atoms with Crippen molar-refractivity contribution in [2.45, 2.75) is 26.4 Å². The number of aromatic nitrogens is 3. The minimum Gasteiger partial charge on any atom is -0.310 e. The zero-order valence-corrected chi connectivity index (χ0v) is 15.8. The maximum absolute atomic E-state index is 12.6. The number of benzene rings is 1. The monoisotopic (exact) mass is 377 g/mol. The van der Waals surface area contributed by atoms with Crippen LogP contribution in [0.5, 0.6) is 0 Å². The van der Waals surface area contributed by atoms with Gasteiger partial charge >= 0.3 is 0 Å². The Labute approximate surface area is 163 Å². The van der Waals surface area contributed by atoms with Gasteiger partial charge in [0.1, 0.15) is 5.82 Å². The molecule has 3 heterocycles. The maximum Gasteiger partial charge on any atom is 0.275 e. The van der Waals surface area contributed by atoms with Crippen molar-refractivity contribution in [1.82, 2.24) is 19.7 Å². The number of pyridine rings is 1. The third-order valence-electron chi connectivity index (χ3n) is 5.22. The van der Waals surface area contributed by atoms with Gasteiger partial charge in [0.05, 0.1) is 18.3 Å². The number of rotatable bonds is 4. The van der Waals surface area contributed by atoms with E-state index in [-0.39, 0.29) is 17.4 Å². The summed E-state index contributed by atoms with van der Waals surface area (Å²) < 4.78 is 1.50. The molecular weight excluding hydrogens is 354 g/mol. The molecule has 0 saturated carbocycles. The summed E-state index contributed by atoms with van der Waals surface area (Å²) >= 11 is 0. The Morgan fingerprint density at radius 2 is 2.00 bits per heavy atom. The Morgan fingerprint density at radius 3 is 2.79 bits per heavy atom. The van der Waals surface area contributed by atoms with Crippen molar-refractivity contribution < 1.29 is 4.79 Å². The number of nitrogens with one attached hydrogen (secondary N) is 1. The number of hydrogen-bond acceptors (Lipinski definition) is 5. The van der Waals surface area contributed by atoms with Gasteiger partial charge in [0.2, 0.25) is 5.91 Å². The van der Waals surface area contributed by atoms with E-state index in [1.807, 2.05) is 43.3 Å². The van der Waals surface area contributed by atoms with Gasteiger partial charge in [-0.25, -0.2) is 9.67 Å². The predicted molar refractivity (Wildman–Crippen MR) is 108 cm³/mol. The van der Waals surface area contributed by atoms with Gasteiger partial charge in [0.25, 0.3) is 5.56 Å². The molecule has 0 bridgehead atoms. The van der Waals surface area contributed by atoms with Crippen molar-refractivity contribution >= 4 is 22.5 Å². The fourth-order valence-corrected chi connectivity index (χ4v) is 3.59. The van der Waals surface area contributed by atoms with Crippen LogP contribution in [0.4, 0.5) is 5.82 Å². The zero-order chi connectivity index (χ0) is 19.5. The number of amides is 1. The predicted octanol–water partition coefficient (Wildman–Crippen LogP) is 2.41. The summed E-state index contributed by atoms with van der Waals surface area (Å²) in [4.78, 5) is 31.5. The lowest BCUT2D eigenvalue weighted by Gasteiger charge is -2.31. The molecule has 0 atom stereocenters. The summed E-state index contributed by atoms with van der Waals surface area (Å²) in [7, 11) is 0. The summed E-state index contributed by atoms with van der Waals surface area (Å²) in [5, 5.41) is 8.73. The van der Waals surface area contributed by atoms with Gasteiger partial charge in [-0.05, 0) is 43.5 Å². The molecule has 0 radical (unpaired) electrons. The molecule has 3 aromatic rings. The lowest BCUT2D eigenvalue weighted by atomic mass is 9.96. The van der Waals surface area contributed by atoms with Crippen molar-refractivity contribution in [1.29, 1.82) is 0 Å². The van der Waals surface area contributed by atoms with Gasteiger partial charge in [-0.3, -0.25) is 14.5 Å². The third kappa shape index (κ3) is 3.94. The van der Waals surface area contributed by atoms with Crippen LogP contribution in [0.25, 0.3) is 10.8 Å². The first kappa shape index (κ1) is 18.3. The van der Waals surface area contributed by atoms with E-state index in [0.717, 1.165) is 36.9 Å². The molecule has 1 N–H and O–H groups in total. The Hall–Kier alpha value is -3.06. The minimum absolute atomic E-state index is 0.0127. The van der Waals surface area contributed by atoms with Crippen molar-refractivity contribution in [3.63, 3.8) is 0 Å². The molecular formula is C21H23N5O2. The molecule has 0 unspecified atom stereocenters. The molecule has 7 heteroatoms. The second-order valence-electron chi connectivity index (χ2n) is 7.28. The molecule has 1 aromatic carbocycles. The number of anilines is 1. The number of carbonyl (C=O) groups excluding carboxylic acids is 1. The van der Waals surface area contributed by atoms with Gasteiger partial charge in [-0.2, -0.15) is 5.10 Å². The first-order valence-corrected chi connectivity index (χ1v) is 9.51. The molecule has 1 aliphatic heterocycles. The summed E-state index contributed by atoms with van der Waals surface area (Å²) in [6, 6.07) is 11.2. The molecule has 2 aromatic heterocycles. The fourth-order valence-electron chi connectivity index (χ4n) is 3.59. The van der Waals surface area contributed by atoms with Crippen LogP contribution in [0.1, 0.15) is 18.4 Å². The van der Waals surface area contributed by atoms with E-state index in [9.17, 15) is 9.59 Å². The number of piperidine rings is 1. The Bertz CT molecular complexity index is 1050. The first-order chi connectivity index (χ1) is 13.6. The second kappa shape index (κ2) is 7.90. The lowest BCUT2D eigenvalue weighted by Crippen LogP contribution is -2.41. The number of nitrogens with zero attached hydrogens (tertiary/aromatic N) is 4. The van der Waals surface area contributed by atoms with Crippen LogP contribution in [-0.2, 0) is 11.5 Å². The summed E-state index contributed by atoms with van der Waals surface area (Å²) in [5.41, 5.74) is 0.983. The largest absolute Gasteiger partial charge is 0.310 e. The quantitative estimate of drug-likeness (QED) is 0.755. The molecule has 1 aliphatic rings. The highest BCUT2D eigenvalue weighted by molar-refractivity contribution is 5.91. The van der Waals surface area contributed by atoms with Crippen molar-refractivity contribution in [2.75, 3.05) is 18.4 Å². The van der Waals surface area contributed by atoms with E-state index in [4.69, 9.17) is 0 Å². The molecule has 144 valence electrons. The summed E-state index contributed by atoms with van der Waals surface area (Å²) in [6.45, 7) is 3.91. The summed E-state index contributed by atoms with van der Waals surface area (Å²) in [6.07, 6.45) is 4.92. The first-order valence-electron chi connectivity index (χ1n) is 9.51. The molecule has 28 heavy (non-hydrogen) atoms. The molecule has 0 spiro atoms. The highest BCUT2D eigenvalue weighted by atomic mass is 16.2. The number of carbonyl (C=O) groups is 1. The molecule has 0 aliphatic carbocycles. The third-order valence-corrected chi connectivity index (χ3v) is 5.22. The average molecular weight is 377 g/mol. The van der Waals surface area contributed by atoms with Gasteiger partial charge < -0.3 is 5.32 Å². The zero-order valence-electron chi connectivity index (χ0n) is 15.8. The minimum atomic E-state index is -0.0801. The van der Waals surface area contributed by atoms with Gasteiger partial charge in [0, 0.05) is 30.6 Å². The smallest absolute Gasteiger partial charge is 0.275 e. The maximum atomic E-state index is 12.6.